The molecule has 0 aliphatic carbocycles. The maximum Gasteiger partial charge on any atom is 0.311 e. The van der Waals surface area contributed by atoms with E-state index in [-0.39, 0.29) is 82.4 Å². The number of carboxylic acid groups (broad SMARTS) is 7. The van der Waals surface area contributed by atoms with Gasteiger partial charge in [-0.2, -0.15) is 0 Å². The van der Waals surface area contributed by atoms with Crippen LogP contribution in [0.5, 0.6) is 0 Å². The van der Waals surface area contributed by atoms with Crippen LogP contribution in [0.2, 0.25) is 0 Å². The van der Waals surface area contributed by atoms with Crippen LogP contribution in [0.4, 0.5) is 0 Å². The van der Waals surface area contributed by atoms with Gasteiger partial charge in [-0.05, 0) is 134 Å². The van der Waals surface area contributed by atoms with E-state index in [1.165, 1.54) is 34.6 Å². The van der Waals surface area contributed by atoms with E-state index in [1.54, 1.807) is 62.3 Å². The van der Waals surface area contributed by atoms with Crippen molar-refractivity contribution in [2.24, 2.45) is 43.3 Å². The molecular formula is C70H126O37. The summed E-state index contributed by atoms with van der Waals surface area (Å²) in [5.74, 6) is -10.7. The first-order chi connectivity index (χ1) is 48.4. The highest BCUT2D eigenvalue weighted by Crippen LogP contribution is 2.46. The van der Waals surface area contributed by atoms with Crippen LogP contribution >= 0.6 is 0 Å². The first-order valence-electron chi connectivity index (χ1n) is 33.9. The van der Waals surface area contributed by atoms with Gasteiger partial charge in [0.1, 0.15) is 82.9 Å². The van der Waals surface area contributed by atoms with Crippen molar-refractivity contribution < 1.29 is 181 Å². The first kappa shape index (κ1) is 113. The van der Waals surface area contributed by atoms with E-state index in [0.717, 1.165) is 47.6 Å². The second-order valence-electron chi connectivity index (χ2n) is 28.6. The Labute approximate surface area is 625 Å². The van der Waals surface area contributed by atoms with Crippen molar-refractivity contribution in [1.29, 1.82) is 0 Å². The van der Waals surface area contributed by atoms with Gasteiger partial charge >= 0.3 is 53.7 Å². The molecule has 0 amide bonds. The molecule has 37 heteroatoms. The zero-order valence-electron chi connectivity index (χ0n) is 66.3. The Morgan fingerprint density at radius 2 is 0.579 bits per heavy atom. The zero-order chi connectivity index (χ0) is 86.1. The van der Waals surface area contributed by atoms with Gasteiger partial charge in [-0.3, -0.25) is 67.1 Å². The van der Waals surface area contributed by atoms with Crippen LogP contribution in [0.15, 0.2) is 0 Å². The Hall–Kier alpha value is -7.78. The van der Waals surface area contributed by atoms with E-state index in [2.05, 4.69) is 4.74 Å². The summed E-state index contributed by atoms with van der Waals surface area (Å²) < 4.78 is 45.9. The second kappa shape index (κ2) is 55.6. The van der Waals surface area contributed by atoms with Crippen LogP contribution in [-0.4, -0.2) is 271 Å². The van der Waals surface area contributed by atoms with Gasteiger partial charge in [0.25, 0.3) is 29.8 Å². The molecule has 0 aromatic heterocycles. The molecule has 14 N–H and O–H groups in total. The third-order valence-corrected chi connectivity index (χ3v) is 15.1. The molecule has 1 fully saturated rings. The number of esters is 7. The van der Waals surface area contributed by atoms with Gasteiger partial charge in [0.15, 0.2) is 0 Å². The normalized spacial score (nSPS) is 15.7. The van der Waals surface area contributed by atoms with Crippen molar-refractivity contribution in [2.75, 3.05) is 79.3 Å². The summed E-state index contributed by atoms with van der Waals surface area (Å²) in [5, 5.41) is 123. The highest BCUT2D eigenvalue weighted by Gasteiger charge is 2.50. The Kier molecular flexibility index (Phi) is 58.5. The van der Waals surface area contributed by atoms with Crippen LogP contribution in [0, 0.1) is 43.3 Å². The number of carboxylic acids is 7. The molecule has 10 unspecified atom stereocenters. The molecule has 1 aliphatic rings. The molecule has 0 aromatic rings. The quantitative estimate of drug-likeness (QED) is 0.0235. The lowest BCUT2D eigenvalue weighted by molar-refractivity contribution is -0.171. The minimum absolute atomic E-state index is 0.00119. The minimum atomic E-state index is -1.54. The smallest absolute Gasteiger partial charge is 0.311 e. The number of aliphatic hydroxyl groups excluding tert-OH is 7. The summed E-state index contributed by atoms with van der Waals surface area (Å²) >= 11 is 0. The van der Waals surface area contributed by atoms with Crippen molar-refractivity contribution >= 4 is 83.6 Å². The van der Waals surface area contributed by atoms with Crippen molar-refractivity contribution in [3.8, 4) is 0 Å². The molecule has 1 rings (SSSR count). The Morgan fingerprint density at radius 3 is 0.850 bits per heavy atom. The molecule has 0 spiro atoms. The monoisotopic (exact) mass is 1560 g/mol. The average molecular weight is 1560 g/mol. The predicted molar refractivity (Wildman–Crippen MR) is 376 cm³/mol. The van der Waals surface area contributed by atoms with Crippen molar-refractivity contribution in [2.45, 2.75) is 240 Å². The Bertz CT molecular complexity index is 2610. The first-order valence-corrected chi connectivity index (χ1v) is 33.9. The van der Waals surface area contributed by atoms with Gasteiger partial charge in [-0.15, -0.1) is 0 Å². The number of rotatable bonds is 40. The fraction of sp³-hybridized carbons (Fsp3) is 0.800. The van der Waals surface area contributed by atoms with Gasteiger partial charge in [-0.25, -0.2) is 0 Å². The molecule has 1 saturated heterocycles. The zero-order valence-corrected chi connectivity index (χ0v) is 66.3. The molecule has 1 heterocycles. The third-order valence-electron chi connectivity index (χ3n) is 15.1. The molecule has 1 aliphatic heterocycles. The van der Waals surface area contributed by atoms with E-state index in [9.17, 15) is 73.8 Å². The van der Waals surface area contributed by atoms with E-state index in [0.29, 0.717) is 13.0 Å². The summed E-state index contributed by atoms with van der Waals surface area (Å²) in [6.07, 6.45) is -4.84. The van der Waals surface area contributed by atoms with Gasteiger partial charge < -0.3 is 114 Å². The predicted octanol–water partition coefficient (Wildman–Crippen LogP) is 3.94. The highest BCUT2D eigenvalue weighted by molar-refractivity contribution is 5.83. The summed E-state index contributed by atoms with van der Waals surface area (Å²) in [6, 6.07) is 0. The number of epoxide rings is 1. The number of carbonyl (C=O) groups is 14. The van der Waals surface area contributed by atoms with Crippen LogP contribution in [0.3, 0.4) is 0 Å². The van der Waals surface area contributed by atoms with Crippen molar-refractivity contribution in [3.05, 3.63) is 0 Å². The topological polar surface area (TPSA) is 609 Å². The molecule has 10 atom stereocenters. The molecule has 107 heavy (non-hydrogen) atoms. The SMILES string of the molecule is CC(=O)O.CC(=O)O.CC(=O)O.CC(=O)O.CC(=O)O.CCC(C)(C)C(=O)OCC1CO1.CCC(C)(CC(C)(C)C(=O)OCC(O)CO)C(=O)O.CCC(C)(CC(C)(C)C(=O)OCC(O)COCC(O)COC(=O)C(C)(CC)CC(C)(CC(C)(C)C(=O)O)C(=O)OCC(O)CO)C(=O)OCC(O)COC(C)=O. The molecule has 0 radical (unpaired) electrons. The third kappa shape index (κ3) is 58.9. The fourth-order valence-electron chi connectivity index (χ4n) is 8.50. The largest absolute Gasteiger partial charge is 0.481 e. The number of aliphatic hydroxyl groups is 7. The Morgan fingerprint density at radius 1 is 0.327 bits per heavy atom. The summed E-state index contributed by atoms with van der Waals surface area (Å²) in [6.45, 7) is 29.5. The summed E-state index contributed by atoms with van der Waals surface area (Å²) in [5.41, 5.74) is -8.99. The number of ether oxygens (including phenoxy) is 9. The van der Waals surface area contributed by atoms with Crippen LogP contribution in [0.25, 0.3) is 0 Å². The molecular weight excluding hydrogens is 1430 g/mol. The summed E-state index contributed by atoms with van der Waals surface area (Å²) in [4.78, 5) is 155. The standard InChI is InChI=1S/C38H66O18.C13H24O6.C9H16O3.5C2H4O2/c1-11-36(8,31(48)56-20-28(44)17-52-24(3)40)22-35(6,7)30(47)53-18-26(42)14-51-15-27(43)19-55-32(49)37(9,12-2)23-38(10,21-34(4,5)29(45)46)33(50)54-16-25(41)13-39;1-5-13(4,10(16)17)8-12(2,3)11(18)19-7-9(15)6-14;1-4-9(2,3)8(10)12-6-7-5-11-7;5*1-2(3)4/h25-28,39,41-44H,11-23H2,1-10H3,(H,45,46);9,14-15H,5-8H2,1-4H3,(H,16,17);7H,4-6H2,1-3H3;5*1H3,(H,3,4). The summed E-state index contributed by atoms with van der Waals surface area (Å²) in [7, 11) is 0. The molecule has 0 bridgehead atoms. The van der Waals surface area contributed by atoms with Crippen molar-refractivity contribution in [3.63, 3.8) is 0 Å². The molecule has 628 valence electrons. The van der Waals surface area contributed by atoms with Crippen LogP contribution in [-0.2, 0) is 110 Å². The van der Waals surface area contributed by atoms with Gasteiger partial charge in [0.2, 0.25) is 0 Å². The lowest BCUT2D eigenvalue weighted by atomic mass is 9.65. The number of hydrogen-bond acceptors (Lipinski definition) is 30. The van der Waals surface area contributed by atoms with E-state index in [4.69, 9.17) is 103 Å². The number of hydrogen-bond donors (Lipinski definition) is 14. The number of aliphatic carboxylic acids is 7. The minimum Gasteiger partial charge on any atom is -0.481 e. The van der Waals surface area contributed by atoms with Gasteiger partial charge in [0.05, 0.1) is 76.4 Å². The maximum absolute atomic E-state index is 13.3. The average Bonchev–Trinajstić information content (AvgIpc) is 1.30. The lowest BCUT2D eigenvalue weighted by Crippen LogP contribution is -2.45. The maximum atomic E-state index is 13.3. The lowest BCUT2D eigenvalue weighted by Gasteiger charge is -2.39. The van der Waals surface area contributed by atoms with Crippen LogP contribution < -0.4 is 0 Å². The highest BCUT2D eigenvalue weighted by atomic mass is 16.6. The van der Waals surface area contributed by atoms with Gasteiger partial charge in [-0.1, -0.05) is 27.7 Å². The fourth-order valence-corrected chi connectivity index (χ4v) is 8.50. The van der Waals surface area contributed by atoms with Crippen LogP contribution in [0.1, 0.15) is 204 Å². The molecule has 37 nitrogen and oxygen atoms in total. The van der Waals surface area contributed by atoms with E-state index >= 15 is 0 Å². The number of carbonyl (C=O) groups excluding carboxylic acids is 7. The molecule has 0 saturated carbocycles. The Balaban J connectivity index is -0.000000311. The second-order valence-corrected chi connectivity index (χ2v) is 28.6. The van der Waals surface area contributed by atoms with E-state index < -0.39 is 186 Å². The molecule has 0 aromatic carbocycles. The van der Waals surface area contributed by atoms with Crippen molar-refractivity contribution in [1.82, 2.24) is 0 Å². The van der Waals surface area contributed by atoms with Gasteiger partial charge in [0, 0.05) is 41.5 Å². The van der Waals surface area contributed by atoms with E-state index in [1.807, 2.05) is 20.8 Å².